The molecule has 0 spiro atoms. The SMILES string of the molecule is COc1ccc2nc(NC(=O)C(C)(C)CN)sc2c1. The van der Waals surface area contributed by atoms with Gasteiger partial charge in [0.2, 0.25) is 5.91 Å². The molecule has 0 aliphatic rings. The van der Waals surface area contributed by atoms with Crippen LogP contribution in [0.25, 0.3) is 10.2 Å². The molecule has 0 radical (unpaired) electrons. The molecule has 0 atom stereocenters. The number of fused-ring (bicyclic) bond motifs is 1. The summed E-state index contributed by atoms with van der Waals surface area (Å²) in [5.74, 6) is 0.650. The molecule has 2 aromatic rings. The van der Waals surface area contributed by atoms with Gasteiger partial charge in [0.15, 0.2) is 5.13 Å². The van der Waals surface area contributed by atoms with Crippen LogP contribution in [0.2, 0.25) is 0 Å². The van der Waals surface area contributed by atoms with Crippen LogP contribution in [0.5, 0.6) is 5.75 Å². The summed E-state index contributed by atoms with van der Waals surface area (Å²) in [4.78, 5) is 16.4. The third kappa shape index (κ3) is 2.85. The summed E-state index contributed by atoms with van der Waals surface area (Å²) < 4.78 is 6.13. The molecule has 5 nitrogen and oxygen atoms in total. The predicted molar refractivity (Wildman–Crippen MR) is 77.6 cm³/mol. The standard InChI is InChI=1S/C13H17N3O2S/c1-13(2,7-14)11(17)16-12-15-9-5-4-8(18-3)6-10(9)19-12/h4-6H,7,14H2,1-3H3,(H,15,16,17). The molecule has 102 valence electrons. The van der Waals surface area contributed by atoms with E-state index in [0.29, 0.717) is 5.13 Å². The number of hydrogen-bond donors (Lipinski definition) is 2. The number of aromatic nitrogens is 1. The molecule has 0 saturated heterocycles. The molecule has 1 aromatic heterocycles. The number of methoxy groups -OCH3 is 1. The molecule has 2 rings (SSSR count). The van der Waals surface area contributed by atoms with Crippen LogP contribution in [0.15, 0.2) is 18.2 Å². The van der Waals surface area contributed by atoms with E-state index in [0.717, 1.165) is 16.0 Å². The molecule has 0 bridgehead atoms. The maximum absolute atomic E-state index is 12.0. The molecule has 0 aliphatic heterocycles. The van der Waals surface area contributed by atoms with Crippen molar-refractivity contribution in [3.63, 3.8) is 0 Å². The summed E-state index contributed by atoms with van der Waals surface area (Å²) in [6.45, 7) is 3.90. The molecule has 0 aliphatic carbocycles. The lowest BCUT2D eigenvalue weighted by Crippen LogP contribution is -2.37. The molecule has 0 saturated carbocycles. The van der Waals surface area contributed by atoms with Crippen molar-refractivity contribution in [3.8, 4) is 5.75 Å². The van der Waals surface area contributed by atoms with Crippen molar-refractivity contribution in [2.75, 3.05) is 19.0 Å². The Hall–Kier alpha value is -1.66. The maximum Gasteiger partial charge on any atom is 0.233 e. The summed E-state index contributed by atoms with van der Waals surface area (Å²) in [5, 5.41) is 3.39. The molecular formula is C13H17N3O2S. The Labute approximate surface area is 115 Å². The van der Waals surface area contributed by atoms with Crippen molar-refractivity contribution >= 4 is 32.6 Å². The Balaban J connectivity index is 2.25. The zero-order valence-electron chi connectivity index (χ0n) is 11.2. The maximum atomic E-state index is 12.0. The van der Waals surface area contributed by atoms with Crippen molar-refractivity contribution in [3.05, 3.63) is 18.2 Å². The van der Waals surface area contributed by atoms with Crippen LogP contribution >= 0.6 is 11.3 Å². The van der Waals surface area contributed by atoms with Gasteiger partial charge in [-0.25, -0.2) is 4.98 Å². The number of hydrogen-bond acceptors (Lipinski definition) is 5. The quantitative estimate of drug-likeness (QED) is 0.899. The minimum Gasteiger partial charge on any atom is -0.497 e. The fourth-order valence-corrected chi connectivity index (χ4v) is 2.33. The van der Waals surface area contributed by atoms with Gasteiger partial charge in [-0.3, -0.25) is 4.79 Å². The van der Waals surface area contributed by atoms with E-state index in [-0.39, 0.29) is 12.5 Å². The fraction of sp³-hybridized carbons (Fsp3) is 0.385. The minimum absolute atomic E-state index is 0.124. The zero-order chi connectivity index (χ0) is 14.0. The van der Waals surface area contributed by atoms with Gasteiger partial charge in [0, 0.05) is 6.54 Å². The number of benzene rings is 1. The molecule has 0 unspecified atom stereocenters. The Morgan fingerprint density at radius 3 is 2.89 bits per heavy atom. The number of nitrogens with one attached hydrogen (secondary N) is 1. The summed E-state index contributed by atoms with van der Waals surface area (Å²) in [6, 6.07) is 5.61. The van der Waals surface area contributed by atoms with Crippen LogP contribution in [-0.4, -0.2) is 24.5 Å². The Morgan fingerprint density at radius 1 is 1.53 bits per heavy atom. The van der Waals surface area contributed by atoms with Crippen molar-refractivity contribution in [1.29, 1.82) is 0 Å². The monoisotopic (exact) mass is 279 g/mol. The second-order valence-electron chi connectivity index (χ2n) is 4.89. The van der Waals surface area contributed by atoms with Gasteiger partial charge < -0.3 is 15.8 Å². The first-order valence-corrected chi connectivity index (χ1v) is 6.74. The van der Waals surface area contributed by atoms with E-state index in [2.05, 4.69) is 10.3 Å². The first kappa shape index (κ1) is 13.8. The van der Waals surface area contributed by atoms with Crippen molar-refractivity contribution in [2.45, 2.75) is 13.8 Å². The highest BCUT2D eigenvalue weighted by atomic mass is 32.1. The van der Waals surface area contributed by atoms with E-state index < -0.39 is 5.41 Å². The Morgan fingerprint density at radius 2 is 2.26 bits per heavy atom. The summed E-state index contributed by atoms with van der Waals surface area (Å²) in [6.07, 6.45) is 0. The molecule has 3 N–H and O–H groups in total. The van der Waals surface area contributed by atoms with Crippen LogP contribution in [0.3, 0.4) is 0 Å². The molecule has 1 heterocycles. The molecule has 0 fully saturated rings. The highest BCUT2D eigenvalue weighted by molar-refractivity contribution is 7.22. The third-order valence-corrected chi connectivity index (χ3v) is 3.87. The second-order valence-corrected chi connectivity index (χ2v) is 5.93. The van der Waals surface area contributed by atoms with Gasteiger partial charge in [-0.05, 0) is 32.0 Å². The summed E-state index contributed by atoms with van der Waals surface area (Å²) in [7, 11) is 1.62. The Kier molecular flexibility index (Phi) is 3.73. The molecule has 6 heteroatoms. The van der Waals surface area contributed by atoms with Gasteiger partial charge in [-0.1, -0.05) is 11.3 Å². The lowest BCUT2D eigenvalue weighted by atomic mass is 9.93. The van der Waals surface area contributed by atoms with E-state index in [1.54, 1.807) is 21.0 Å². The van der Waals surface area contributed by atoms with Crippen molar-refractivity contribution < 1.29 is 9.53 Å². The molecular weight excluding hydrogens is 262 g/mol. The van der Waals surface area contributed by atoms with Gasteiger partial charge in [0.05, 0.1) is 22.7 Å². The summed E-state index contributed by atoms with van der Waals surface area (Å²) in [5.41, 5.74) is 5.82. The number of carbonyl (C=O) groups is 1. The topological polar surface area (TPSA) is 77.2 Å². The summed E-state index contributed by atoms with van der Waals surface area (Å²) >= 11 is 1.42. The van der Waals surface area contributed by atoms with Crippen LogP contribution in [-0.2, 0) is 4.79 Å². The van der Waals surface area contributed by atoms with Crippen molar-refractivity contribution in [2.24, 2.45) is 11.1 Å². The van der Waals surface area contributed by atoms with E-state index in [9.17, 15) is 4.79 Å². The van der Waals surface area contributed by atoms with E-state index in [1.807, 2.05) is 18.2 Å². The minimum atomic E-state index is -0.602. The second kappa shape index (κ2) is 5.14. The number of nitrogens with zero attached hydrogens (tertiary/aromatic N) is 1. The first-order chi connectivity index (χ1) is 8.96. The van der Waals surface area contributed by atoms with Crippen LogP contribution < -0.4 is 15.8 Å². The number of amides is 1. The van der Waals surface area contributed by atoms with Gasteiger partial charge in [0.25, 0.3) is 0 Å². The van der Waals surface area contributed by atoms with E-state index in [4.69, 9.17) is 10.5 Å². The van der Waals surface area contributed by atoms with Gasteiger partial charge in [-0.2, -0.15) is 0 Å². The molecule has 1 amide bonds. The highest BCUT2D eigenvalue weighted by Crippen LogP contribution is 2.30. The van der Waals surface area contributed by atoms with Gasteiger partial charge in [-0.15, -0.1) is 0 Å². The molecule has 19 heavy (non-hydrogen) atoms. The largest absolute Gasteiger partial charge is 0.497 e. The number of anilines is 1. The average Bonchev–Trinajstić information content (AvgIpc) is 2.79. The lowest BCUT2D eigenvalue weighted by molar-refractivity contribution is -0.123. The number of carbonyl (C=O) groups excluding carboxylic acids is 1. The first-order valence-electron chi connectivity index (χ1n) is 5.92. The predicted octanol–water partition coefficient (Wildman–Crippen LogP) is 2.23. The zero-order valence-corrected chi connectivity index (χ0v) is 12.0. The number of nitrogens with two attached hydrogens (primary N) is 1. The van der Waals surface area contributed by atoms with E-state index in [1.165, 1.54) is 11.3 Å². The molecule has 1 aromatic carbocycles. The van der Waals surface area contributed by atoms with Crippen LogP contribution in [0.4, 0.5) is 5.13 Å². The Bertz CT molecular complexity index is 607. The van der Waals surface area contributed by atoms with E-state index >= 15 is 0 Å². The number of ether oxygens (including phenoxy) is 1. The lowest BCUT2D eigenvalue weighted by Gasteiger charge is -2.19. The highest BCUT2D eigenvalue weighted by Gasteiger charge is 2.26. The number of thiazole rings is 1. The normalized spacial score (nSPS) is 11.6. The smallest absolute Gasteiger partial charge is 0.233 e. The van der Waals surface area contributed by atoms with Crippen LogP contribution in [0.1, 0.15) is 13.8 Å². The number of rotatable bonds is 4. The van der Waals surface area contributed by atoms with Gasteiger partial charge in [0.1, 0.15) is 5.75 Å². The van der Waals surface area contributed by atoms with Crippen LogP contribution in [0, 0.1) is 5.41 Å². The average molecular weight is 279 g/mol. The third-order valence-electron chi connectivity index (χ3n) is 2.94. The van der Waals surface area contributed by atoms with Gasteiger partial charge >= 0.3 is 0 Å². The van der Waals surface area contributed by atoms with Crippen molar-refractivity contribution in [1.82, 2.24) is 4.98 Å². The fourth-order valence-electron chi connectivity index (χ4n) is 1.44.